The molecule has 2 N–H and O–H groups in total. The van der Waals surface area contributed by atoms with Gasteiger partial charge in [0.05, 0.1) is 9.82 Å². The molecule has 3 rings (SSSR count). The zero-order chi connectivity index (χ0) is 28.2. The molecule has 14 heteroatoms. The molecule has 0 aromatic heterocycles. The van der Waals surface area contributed by atoms with Gasteiger partial charge in [-0.15, -0.1) is 0 Å². The van der Waals surface area contributed by atoms with Gasteiger partial charge >= 0.3 is 5.97 Å². The Morgan fingerprint density at radius 3 is 2.34 bits per heavy atom. The van der Waals surface area contributed by atoms with Crippen LogP contribution < -0.4 is 5.32 Å². The number of nitrogens with zero attached hydrogens (tertiary/aromatic N) is 2. The average molecular weight is 564 g/mol. The molecular weight excluding hydrogens is 538 g/mol. The van der Waals surface area contributed by atoms with Gasteiger partial charge in [-0.05, 0) is 49.2 Å². The Kier molecular flexibility index (Phi) is 8.91. The molecule has 1 saturated heterocycles. The number of benzene rings is 2. The average Bonchev–Trinajstić information content (AvgIpc) is 2.88. The maximum Gasteiger partial charge on any atom is 0.333 e. The van der Waals surface area contributed by atoms with E-state index in [1.165, 1.54) is 43.3 Å². The number of nitro benzene ring substituents is 1. The van der Waals surface area contributed by atoms with E-state index in [0.717, 1.165) is 10.5 Å². The Bertz CT molecular complexity index is 1360. The predicted octanol–water partition coefficient (Wildman–Crippen LogP) is 1.66. The number of aliphatic hydroxyl groups is 1. The van der Waals surface area contributed by atoms with Crippen molar-refractivity contribution in [3.05, 3.63) is 81.9 Å². The van der Waals surface area contributed by atoms with Crippen molar-refractivity contribution in [3.63, 3.8) is 0 Å². The van der Waals surface area contributed by atoms with Crippen molar-refractivity contribution >= 4 is 43.1 Å². The van der Waals surface area contributed by atoms with E-state index >= 15 is 0 Å². The summed E-state index contributed by atoms with van der Waals surface area (Å²) in [5.74, 6) is -2.56. The summed E-state index contributed by atoms with van der Waals surface area (Å²) < 4.78 is 31.6. The summed E-state index contributed by atoms with van der Waals surface area (Å²) in [6.45, 7) is 5.80. The van der Waals surface area contributed by atoms with Crippen LogP contribution in [0.3, 0.4) is 0 Å². The number of nitro groups is 1. The van der Waals surface area contributed by atoms with Gasteiger partial charge in [-0.3, -0.25) is 19.7 Å². The maximum absolute atomic E-state index is 13.1. The topological polar surface area (TPSA) is 173 Å². The first-order valence-electron chi connectivity index (χ1n) is 11.1. The third-order valence-corrected chi connectivity index (χ3v) is 9.30. The molecule has 2 amide bonds. The van der Waals surface area contributed by atoms with Gasteiger partial charge in [-0.2, -0.15) is 0 Å². The molecule has 0 aliphatic carbocycles. The van der Waals surface area contributed by atoms with E-state index < -0.39 is 55.6 Å². The van der Waals surface area contributed by atoms with E-state index in [2.05, 4.69) is 11.9 Å². The van der Waals surface area contributed by atoms with Gasteiger partial charge in [-0.1, -0.05) is 24.3 Å². The Hall–Kier alpha value is -3.75. The summed E-state index contributed by atoms with van der Waals surface area (Å²) in [6, 6.07) is 8.61. The van der Waals surface area contributed by atoms with Crippen LogP contribution in [0.5, 0.6) is 0 Å². The number of rotatable bonds is 11. The van der Waals surface area contributed by atoms with Gasteiger partial charge < -0.3 is 20.1 Å². The van der Waals surface area contributed by atoms with Crippen LogP contribution in [0.4, 0.5) is 5.69 Å². The largest absolute Gasteiger partial charge is 0.459 e. The second-order valence-corrected chi connectivity index (χ2v) is 12.4. The van der Waals surface area contributed by atoms with E-state index in [1.54, 1.807) is 19.1 Å². The second-order valence-electron chi connectivity index (χ2n) is 8.48. The number of hydrogen-bond acceptors (Lipinski definition) is 10. The number of carbonyl (C=O) groups is 3. The van der Waals surface area contributed by atoms with E-state index in [0.29, 0.717) is 16.4 Å². The first kappa shape index (κ1) is 28.8. The highest BCUT2D eigenvalue weighted by Crippen LogP contribution is 2.39. The molecule has 0 bridgehead atoms. The molecule has 1 fully saturated rings. The summed E-state index contributed by atoms with van der Waals surface area (Å²) in [5.41, 5.74) is 1.31. The summed E-state index contributed by atoms with van der Waals surface area (Å²) >= 11 is 0. The molecular formula is C24H25N3O9S2. The monoisotopic (exact) mass is 563 g/mol. The fraction of sp³-hybridized carbons (Fsp3) is 0.292. The fourth-order valence-corrected chi connectivity index (χ4v) is 7.12. The number of β-lactam (4-membered cyclic amide) rings is 1. The molecule has 0 radical (unpaired) electrons. The Labute approximate surface area is 222 Å². The number of esters is 1. The number of amides is 2. The molecule has 2 aromatic carbocycles. The van der Waals surface area contributed by atoms with E-state index in [4.69, 9.17) is 9.84 Å². The molecule has 2 aromatic rings. The molecule has 3 atom stereocenters. The lowest BCUT2D eigenvalue weighted by atomic mass is 9.99. The SMILES string of the molecule is C=C(C)C(C(=O)OCc1ccc([N+](=O)[O-])cc1)N1C(=O)[C@@H](NC(=O)CO)[C@H]1SS(=O)(=O)c1ccc(C)cc1. The highest BCUT2D eigenvalue weighted by atomic mass is 33.1. The molecule has 0 saturated carbocycles. The third-order valence-electron chi connectivity index (χ3n) is 5.57. The van der Waals surface area contributed by atoms with E-state index in [1.807, 2.05) is 0 Å². The molecule has 1 aliphatic heterocycles. The standard InChI is InChI=1S/C24H25N3O9S2/c1-14(2)21(24(31)36-13-16-6-8-17(9-7-16)27(32)33)26-22(30)20(25-19(29)12-28)23(26)37-38(34,35)18-10-4-15(3)5-11-18/h4-11,20-21,23,28H,1,12-13H2,2-3H3,(H,25,29)/t20-,21?,23-/m1/s1. The number of hydrogen-bond donors (Lipinski definition) is 2. The van der Waals surface area contributed by atoms with Gasteiger partial charge in [0.1, 0.15) is 24.6 Å². The summed E-state index contributed by atoms with van der Waals surface area (Å²) in [4.78, 5) is 49.1. The van der Waals surface area contributed by atoms with Crippen molar-refractivity contribution in [2.75, 3.05) is 6.61 Å². The van der Waals surface area contributed by atoms with Gasteiger partial charge in [0.2, 0.25) is 20.7 Å². The normalized spacial score (nSPS) is 17.8. The quantitative estimate of drug-likeness (QED) is 0.102. The zero-order valence-corrected chi connectivity index (χ0v) is 22.0. The van der Waals surface area contributed by atoms with Crippen LogP contribution >= 0.6 is 10.8 Å². The maximum atomic E-state index is 13.1. The van der Waals surface area contributed by atoms with Crippen LogP contribution in [0, 0.1) is 17.0 Å². The Morgan fingerprint density at radius 1 is 1.21 bits per heavy atom. The van der Waals surface area contributed by atoms with Gasteiger partial charge in [-0.25, -0.2) is 13.2 Å². The fourth-order valence-electron chi connectivity index (χ4n) is 3.60. The first-order chi connectivity index (χ1) is 17.9. The summed E-state index contributed by atoms with van der Waals surface area (Å²) in [6.07, 6.45) is 0. The van der Waals surface area contributed by atoms with Crippen molar-refractivity contribution in [2.45, 2.75) is 42.8 Å². The van der Waals surface area contributed by atoms with Gasteiger partial charge in [0, 0.05) is 22.9 Å². The highest BCUT2D eigenvalue weighted by molar-refractivity contribution is 8.72. The lowest BCUT2D eigenvalue weighted by molar-refractivity contribution is -0.384. The van der Waals surface area contributed by atoms with Crippen molar-refractivity contribution in [1.82, 2.24) is 10.2 Å². The number of nitrogens with one attached hydrogen (secondary N) is 1. The zero-order valence-electron chi connectivity index (χ0n) is 20.4. The number of aliphatic hydroxyl groups excluding tert-OH is 1. The predicted molar refractivity (Wildman–Crippen MR) is 137 cm³/mol. The van der Waals surface area contributed by atoms with Crippen molar-refractivity contribution < 1.29 is 37.6 Å². The first-order valence-corrected chi connectivity index (χ1v) is 14.0. The van der Waals surface area contributed by atoms with E-state index in [9.17, 15) is 32.9 Å². The number of carbonyl (C=O) groups excluding carboxylic acids is 3. The van der Waals surface area contributed by atoms with Crippen LogP contribution in [0.15, 0.2) is 65.6 Å². The molecule has 12 nitrogen and oxygen atoms in total. The molecule has 1 unspecified atom stereocenters. The van der Waals surface area contributed by atoms with Crippen molar-refractivity contribution in [2.24, 2.45) is 0 Å². The second kappa shape index (κ2) is 11.8. The lowest BCUT2D eigenvalue weighted by Gasteiger charge is -2.49. The summed E-state index contributed by atoms with van der Waals surface area (Å²) in [5, 5.41) is 21.0. The molecule has 202 valence electrons. The Balaban J connectivity index is 1.85. The van der Waals surface area contributed by atoms with Crippen LogP contribution in [0.1, 0.15) is 18.1 Å². The minimum atomic E-state index is -4.05. The van der Waals surface area contributed by atoms with Crippen LogP contribution in [-0.2, 0) is 34.6 Å². The third kappa shape index (κ3) is 6.38. The van der Waals surface area contributed by atoms with Crippen LogP contribution in [0.2, 0.25) is 0 Å². The van der Waals surface area contributed by atoms with Crippen molar-refractivity contribution in [1.29, 1.82) is 0 Å². The summed E-state index contributed by atoms with van der Waals surface area (Å²) in [7, 11) is -3.68. The minimum absolute atomic E-state index is 0.0349. The smallest absolute Gasteiger partial charge is 0.333 e. The molecule has 1 heterocycles. The number of likely N-dealkylation sites (tertiary alicyclic amines) is 1. The number of aryl methyl sites for hydroxylation is 1. The Morgan fingerprint density at radius 2 is 1.82 bits per heavy atom. The van der Waals surface area contributed by atoms with Crippen LogP contribution in [0.25, 0.3) is 0 Å². The lowest BCUT2D eigenvalue weighted by Crippen LogP contribution is -2.73. The number of ether oxygens (including phenoxy) is 1. The molecule has 0 spiro atoms. The van der Waals surface area contributed by atoms with E-state index in [-0.39, 0.29) is 22.8 Å². The number of non-ortho nitro benzene ring substituents is 1. The molecule has 38 heavy (non-hydrogen) atoms. The molecule has 1 aliphatic rings. The highest BCUT2D eigenvalue weighted by Gasteiger charge is 2.55. The van der Waals surface area contributed by atoms with Gasteiger partial charge in [0.25, 0.3) is 5.69 Å². The van der Waals surface area contributed by atoms with Gasteiger partial charge in [0.15, 0.2) is 6.04 Å². The minimum Gasteiger partial charge on any atom is -0.459 e. The van der Waals surface area contributed by atoms with Crippen molar-refractivity contribution in [3.8, 4) is 0 Å². The van der Waals surface area contributed by atoms with Crippen LogP contribution in [-0.4, -0.2) is 65.2 Å².